The number of ether oxygens (including phenoxy) is 1. The number of nitrogens with zero attached hydrogens (tertiary/aromatic N) is 5. The number of ketones is 1. The minimum atomic E-state index is 0.0809. The van der Waals surface area contributed by atoms with Gasteiger partial charge in [-0.25, -0.2) is 4.98 Å². The highest BCUT2D eigenvalue weighted by Gasteiger charge is 2.18. The molecule has 26 heavy (non-hydrogen) atoms. The van der Waals surface area contributed by atoms with Crippen molar-refractivity contribution in [3.63, 3.8) is 0 Å². The summed E-state index contributed by atoms with van der Waals surface area (Å²) in [6.45, 7) is 5.41. The lowest BCUT2D eigenvalue weighted by atomic mass is 10.2. The summed E-state index contributed by atoms with van der Waals surface area (Å²) >= 11 is 2.97. The van der Waals surface area contributed by atoms with E-state index in [0.29, 0.717) is 12.4 Å². The Hall–Kier alpha value is -1.97. The average Bonchev–Trinajstić information content (AvgIpc) is 3.34. The summed E-state index contributed by atoms with van der Waals surface area (Å²) in [6, 6.07) is 1.93. The third-order valence-corrected chi connectivity index (χ3v) is 5.74. The van der Waals surface area contributed by atoms with Gasteiger partial charge >= 0.3 is 0 Å². The number of thiazole rings is 1. The minimum Gasteiger partial charge on any atom is -0.385 e. The number of thioether (sulfide) groups is 1. The minimum absolute atomic E-state index is 0.0809. The van der Waals surface area contributed by atoms with Crippen LogP contribution < -0.4 is 0 Å². The molecule has 9 heteroatoms. The average molecular weight is 392 g/mol. The Morgan fingerprint density at radius 3 is 2.96 bits per heavy atom. The molecule has 3 rings (SSSR count). The first-order valence-electron chi connectivity index (χ1n) is 8.23. The highest BCUT2D eigenvalue weighted by Crippen LogP contribution is 2.24. The summed E-state index contributed by atoms with van der Waals surface area (Å²) in [4.78, 5) is 17.1. The maximum atomic E-state index is 12.7. The van der Waals surface area contributed by atoms with Crippen LogP contribution in [0.3, 0.4) is 0 Å². The molecular formula is C17H21N5O2S2. The lowest BCUT2D eigenvalue weighted by molar-refractivity contribution is 0.102. The molecule has 3 heterocycles. The van der Waals surface area contributed by atoms with Gasteiger partial charge in [0.1, 0.15) is 6.33 Å². The van der Waals surface area contributed by atoms with Crippen LogP contribution in [-0.2, 0) is 11.3 Å². The molecule has 0 atom stereocenters. The van der Waals surface area contributed by atoms with Crippen LogP contribution in [0.4, 0.5) is 0 Å². The van der Waals surface area contributed by atoms with Crippen LogP contribution in [0.2, 0.25) is 0 Å². The molecule has 0 unspecified atom stereocenters. The number of methoxy groups -OCH3 is 1. The topological polar surface area (TPSA) is 74.8 Å². The van der Waals surface area contributed by atoms with Gasteiger partial charge in [0.15, 0.2) is 16.1 Å². The zero-order valence-electron chi connectivity index (χ0n) is 15.0. The largest absolute Gasteiger partial charge is 0.385 e. The molecule has 3 aromatic heterocycles. The van der Waals surface area contributed by atoms with Crippen LogP contribution in [0.5, 0.6) is 0 Å². The van der Waals surface area contributed by atoms with Crippen molar-refractivity contribution in [3.05, 3.63) is 40.9 Å². The van der Waals surface area contributed by atoms with Crippen LogP contribution in [-0.4, -0.2) is 49.6 Å². The van der Waals surface area contributed by atoms with Gasteiger partial charge < -0.3 is 9.30 Å². The summed E-state index contributed by atoms with van der Waals surface area (Å²) in [7, 11) is 1.68. The van der Waals surface area contributed by atoms with Gasteiger partial charge in [-0.2, -0.15) is 0 Å². The number of hydrogen-bond donors (Lipinski definition) is 0. The lowest BCUT2D eigenvalue weighted by Crippen LogP contribution is -2.07. The third kappa shape index (κ3) is 4.05. The molecule has 0 radical (unpaired) electrons. The van der Waals surface area contributed by atoms with E-state index < -0.39 is 0 Å². The van der Waals surface area contributed by atoms with Crippen molar-refractivity contribution in [2.45, 2.75) is 32.0 Å². The highest BCUT2D eigenvalue weighted by atomic mass is 32.2. The van der Waals surface area contributed by atoms with E-state index in [2.05, 4.69) is 15.2 Å². The van der Waals surface area contributed by atoms with Gasteiger partial charge in [0.2, 0.25) is 0 Å². The summed E-state index contributed by atoms with van der Waals surface area (Å²) in [5.41, 5.74) is 2.66. The van der Waals surface area contributed by atoms with Gasteiger partial charge in [0.05, 0.1) is 5.75 Å². The van der Waals surface area contributed by atoms with Crippen LogP contribution in [0.1, 0.15) is 28.2 Å². The smallest absolute Gasteiger partial charge is 0.193 e. The van der Waals surface area contributed by atoms with E-state index in [1.807, 2.05) is 34.4 Å². The van der Waals surface area contributed by atoms with E-state index in [1.54, 1.807) is 31.0 Å². The van der Waals surface area contributed by atoms with E-state index in [9.17, 15) is 4.79 Å². The van der Waals surface area contributed by atoms with Crippen LogP contribution in [0, 0.1) is 13.8 Å². The summed E-state index contributed by atoms with van der Waals surface area (Å²) in [6.07, 6.45) is 4.34. The van der Waals surface area contributed by atoms with Crippen LogP contribution >= 0.6 is 23.1 Å². The second-order valence-corrected chi connectivity index (χ2v) is 7.62. The molecule has 0 aromatic carbocycles. The maximum absolute atomic E-state index is 12.7. The molecule has 0 saturated heterocycles. The maximum Gasteiger partial charge on any atom is 0.193 e. The van der Waals surface area contributed by atoms with Crippen molar-refractivity contribution in [1.82, 2.24) is 24.3 Å². The van der Waals surface area contributed by atoms with E-state index in [-0.39, 0.29) is 5.78 Å². The SMILES string of the molecule is COCCCn1cnnc1SCC(=O)c1cc(C)n(-c2nccs2)c1C. The van der Waals surface area contributed by atoms with Crippen molar-refractivity contribution < 1.29 is 9.53 Å². The third-order valence-electron chi connectivity index (χ3n) is 4.00. The number of aryl methyl sites for hydroxylation is 2. The first-order chi connectivity index (χ1) is 12.6. The molecule has 0 aliphatic carbocycles. The number of carbonyl (C=O) groups is 1. The molecule has 0 aliphatic heterocycles. The Bertz CT molecular complexity index is 870. The van der Waals surface area contributed by atoms with Gasteiger partial charge in [-0.1, -0.05) is 11.8 Å². The molecule has 0 spiro atoms. The standard InChI is InChI=1S/C17H21N5O2S2/c1-12-9-14(13(2)22(12)16-18-5-8-25-16)15(23)10-26-17-20-19-11-21(17)6-4-7-24-3/h5,8-9,11H,4,6-7,10H2,1-3H3. The Morgan fingerprint density at radius 2 is 2.23 bits per heavy atom. The predicted octanol–water partition coefficient (Wildman–Crippen LogP) is 3.15. The molecule has 0 bridgehead atoms. The van der Waals surface area contributed by atoms with Crippen LogP contribution in [0.25, 0.3) is 5.13 Å². The van der Waals surface area contributed by atoms with Gasteiger partial charge in [-0.05, 0) is 26.3 Å². The molecule has 0 fully saturated rings. The Labute approximate surface area is 160 Å². The Morgan fingerprint density at radius 1 is 1.38 bits per heavy atom. The quantitative estimate of drug-likeness (QED) is 0.317. The first kappa shape index (κ1) is 18.8. The van der Waals surface area contributed by atoms with Gasteiger partial charge in [0, 0.05) is 48.8 Å². The number of carbonyl (C=O) groups excluding carboxylic acids is 1. The van der Waals surface area contributed by atoms with Gasteiger partial charge in [-0.3, -0.25) is 9.36 Å². The van der Waals surface area contributed by atoms with E-state index in [4.69, 9.17) is 4.74 Å². The fourth-order valence-electron chi connectivity index (χ4n) is 2.76. The summed E-state index contributed by atoms with van der Waals surface area (Å²) < 4.78 is 9.05. The molecule has 0 amide bonds. The van der Waals surface area contributed by atoms with Crippen molar-refractivity contribution in [2.24, 2.45) is 0 Å². The van der Waals surface area contributed by atoms with Crippen molar-refractivity contribution in [1.29, 1.82) is 0 Å². The Balaban J connectivity index is 1.68. The predicted molar refractivity (Wildman–Crippen MR) is 102 cm³/mol. The van der Waals surface area contributed by atoms with Gasteiger partial charge in [-0.15, -0.1) is 21.5 Å². The number of Topliss-reactive ketones (excluding diaryl/α,β-unsaturated/α-hetero) is 1. The molecule has 0 saturated carbocycles. The Kier molecular flexibility index (Phi) is 6.23. The monoisotopic (exact) mass is 391 g/mol. The molecular weight excluding hydrogens is 370 g/mol. The molecule has 3 aromatic rings. The highest BCUT2D eigenvalue weighted by molar-refractivity contribution is 7.99. The fraction of sp³-hybridized carbons (Fsp3) is 0.412. The normalized spacial score (nSPS) is 11.2. The van der Waals surface area contributed by atoms with Gasteiger partial charge in [0.25, 0.3) is 0 Å². The zero-order valence-corrected chi connectivity index (χ0v) is 16.6. The molecule has 7 nitrogen and oxygen atoms in total. The molecule has 138 valence electrons. The zero-order chi connectivity index (χ0) is 18.5. The van der Waals surface area contributed by atoms with Crippen molar-refractivity contribution in [3.8, 4) is 5.13 Å². The van der Waals surface area contributed by atoms with Crippen molar-refractivity contribution in [2.75, 3.05) is 19.5 Å². The van der Waals surface area contributed by atoms with Crippen molar-refractivity contribution >= 4 is 28.9 Å². The van der Waals surface area contributed by atoms with Crippen LogP contribution in [0.15, 0.2) is 29.1 Å². The first-order valence-corrected chi connectivity index (χ1v) is 10.1. The second-order valence-electron chi connectivity index (χ2n) is 5.80. The van der Waals surface area contributed by atoms with E-state index >= 15 is 0 Å². The number of aromatic nitrogens is 5. The second kappa shape index (κ2) is 8.61. The fourth-order valence-corrected chi connectivity index (χ4v) is 4.34. The lowest BCUT2D eigenvalue weighted by Gasteiger charge is -2.06. The van der Waals surface area contributed by atoms with E-state index in [0.717, 1.165) is 40.2 Å². The summed E-state index contributed by atoms with van der Waals surface area (Å²) in [5.74, 6) is 0.405. The van der Waals surface area contributed by atoms with E-state index in [1.165, 1.54) is 11.8 Å². The molecule has 0 aliphatic rings. The number of hydrogen-bond acceptors (Lipinski definition) is 7. The summed E-state index contributed by atoms with van der Waals surface area (Å²) in [5, 5.41) is 11.6. The molecule has 0 N–H and O–H groups in total. The number of rotatable bonds is 9.